The van der Waals surface area contributed by atoms with E-state index in [4.69, 9.17) is 0 Å². The Bertz CT molecular complexity index is 1550. The monoisotopic (exact) mass is 460 g/mol. The van der Waals surface area contributed by atoms with Crippen LogP contribution in [0.5, 0.6) is 0 Å². The van der Waals surface area contributed by atoms with Gasteiger partial charge in [0.25, 0.3) is 5.91 Å². The molecule has 4 heteroatoms. The lowest BCUT2D eigenvalue weighted by atomic mass is 9.92. The van der Waals surface area contributed by atoms with Crippen LogP contribution in [0.25, 0.3) is 22.2 Å². The van der Waals surface area contributed by atoms with Gasteiger partial charge in [-0.15, -0.1) is 0 Å². The second-order valence-corrected chi connectivity index (χ2v) is 9.13. The van der Waals surface area contributed by atoms with Crippen molar-refractivity contribution in [3.63, 3.8) is 0 Å². The molecule has 1 aliphatic rings. The predicted octanol–water partition coefficient (Wildman–Crippen LogP) is 7.29. The van der Waals surface area contributed by atoms with Crippen LogP contribution in [0.2, 0.25) is 0 Å². The number of aryl methyl sites for hydroxylation is 1. The van der Waals surface area contributed by atoms with Gasteiger partial charge in [-0.3, -0.25) is 4.79 Å². The van der Waals surface area contributed by atoms with Gasteiger partial charge < -0.3 is 9.47 Å². The van der Waals surface area contributed by atoms with E-state index in [0.29, 0.717) is 0 Å². The summed E-state index contributed by atoms with van der Waals surface area (Å²) in [4.78, 5) is 15.9. The fraction of sp³-hybridized carbons (Fsp3) is 0.129. The standard InChI is InChI=1S/C31H25FN2O/c1-20(21-10-4-3-5-11-21)34-30(24-12-6-7-13-25(24)31(34)35)28-26-14-8-9-15-27(26)33(2)29(28)22-16-18-23(32)19-17-22/h3-20,30H,1-2H3. The van der Waals surface area contributed by atoms with Crippen molar-refractivity contribution < 1.29 is 9.18 Å². The Labute approximate surface area is 204 Å². The summed E-state index contributed by atoms with van der Waals surface area (Å²) in [7, 11) is 2.04. The van der Waals surface area contributed by atoms with Crippen molar-refractivity contribution in [3.05, 3.63) is 131 Å². The number of aromatic nitrogens is 1. The molecule has 0 spiro atoms. The third-order valence-electron chi connectivity index (χ3n) is 7.23. The first kappa shape index (κ1) is 21.4. The molecule has 0 fully saturated rings. The second kappa shape index (κ2) is 8.24. The fourth-order valence-electron chi connectivity index (χ4n) is 5.58. The molecule has 35 heavy (non-hydrogen) atoms. The van der Waals surface area contributed by atoms with E-state index >= 15 is 0 Å². The van der Waals surface area contributed by atoms with Crippen LogP contribution in [0.4, 0.5) is 4.39 Å². The van der Waals surface area contributed by atoms with Gasteiger partial charge in [0.15, 0.2) is 0 Å². The molecule has 5 aromatic rings. The highest BCUT2D eigenvalue weighted by atomic mass is 19.1. The molecule has 0 aliphatic carbocycles. The van der Waals surface area contributed by atoms with E-state index in [0.717, 1.165) is 44.4 Å². The molecule has 0 bridgehead atoms. The SMILES string of the molecule is CC(c1ccccc1)N1C(=O)c2ccccc2C1c1c(-c2ccc(F)cc2)n(C)c2ccccc12. The molecular formula is C31H25FN2O. The Kier molecular flexibility index (Phi) is 5.03. The van der Waals surface area contributed by atoms with E-state index < -0.39 is 0 Å². The number of fused-ring (bicyclic) bond motifs is 2. The summed E-state index contributed by atoms with van der Waals surface area (Å²) >= 11 is 0. The number of carbonyl (C=O) groups is 1. The third kappa shape index (κ3) is 3.28. The van der Waals surface area contributed by atoms with Gasteiger partial charge in [-0.05, 0) is 60.0 Å². The smallest absolute Gasteiger partial charge is 0.255 e. The van der Waals surface area contributed by atoms with Crippen molar-refractivity contribution in [3.8, 4) is 11.3 Å². The highest BCUT2D eigenvalue weighted by Gasteiger charge is 2.43. The predicted molar refractivity (Wildman–Crippen MR) is 138 cm³/mol. The minimum atomic E-state index is -0.278. The van der Waals surface area contributed by atoms with Crippen molar-refractivity contribution >= 4 is 16.8 Å². The lowest BCUT2D eigenvalue weighted by molar-refractivity contribution is 0.0678. The maximum atomic E-state index is 13.9. The number of para-hydroxylation sites is 1. The molecule has 1 amide bonds. The van der Waals surface area contributed by atoms with Crippen molar-refractivity contribution in [2.24, 2.45) is 7.05 Å². The van der Waals surface area contributed by atoms with E-state index in [2.05, 4.69) is 41.8 Å². The number of rotatable bonds is 4. The number of hydrogen-bond acceptors (Lipinski definition) is 1. The number of halogens is 1. The number of amides is 1. The van der Waals surface area contributed by atoms with Crippen LogP contribution in [0.15, 0.2) is 103 Å². The van der Waals surface area contributed by atoms with E-state index in [-0.39, 0.29) is 23.8 Å². The molecule has 172 valence electrons. The van der Waals surface area contributed by atoms with Crippen molar-refractivity contribution in [1.29, 1.82) is 0 Å². The molecule has 1 aliphatic heterocycles. The van der Waals surface area contributed by atoms with Crippen LogP contribution >= 0.6 is 0 Å². The zero-order chi connectivity index (χ0) is 24.1. The van der Waals surface area contributed by atoms with Crippen LogP contribution in [-0.2, 0) is 7.05 Å². The highest BCUT2D eigenvalue weighted by Crippen LogP contribution is 2.49. The van der Waals surface area contributed by atoms with Gasteiger partial charge in [0, 0.05) is 29.1 Å². The number of benzene rings is 4. The topological polar surface area (TPSA) is 25.2 Å². The van der Waals surface area contributed by atoms with Gasteiger partial charge in [-0.25, -0.2) is 4.39 Å². The molecule has 2 unspecified atom stereocenters. The number of nitrogens with zero attached hydrogens (tertiary/aromatic N) is 2. The highest BCUT2D eigenvalue weighted by molar-refractivity contribution is 6.02. The molecule has 4 aromatic carbocycles. The van der Waals surface area contributed by atoms with Crippen LogP contribution < -0.4 is 0 Å². The van der Waals surface area contributed by atoms with Crippen molar-refractivity contribution in [1.82, 2.24) is 9.47 Å². The molecule has 6 rings (SSSR count). The third-order valence-corrected chi connectivity index (χ3v) is 7.23. The maximum Gasteiger partial charge on any atom is 0.255 e. The summed E-state index contributed by atoms with van der Waals surface area (Å²) in [6.07, 6.45) is 0. The normalized spacial score (nSPS) is 16.0. The van der Waals surface area contributed by atoms with Gasteiger partial charge in [-0.1, -0.05) is 66.7 Å². The lowest BCUT2D eigenvalue weighted by Crippen LogP contribution is -2.31. The lowest BCUT2D eigenvalue weighted by Gasteiger charge is -2.32. The Morgan fingerprint density at radius 3 is 2.23 bits per heavy atom. The van der Waals surface area contributed by atoms with Crippen molar-refractivity contribution in [2.75, 3.05) is 0 Å². The van der Waals surface area contributed by atoms with Crippen LogP contribution in [0.1, 0.15) is 46.1 Å². The van der Waals surface area contributed by atoms with E-state index in [9.17, 15) is 9.18 Å². The number of carbonyl (C=O) groups excluding carboxylic acids is 1. The first-order chi connectivity index (χ1) is 17.1. The Hall–Kier alpha value is -4.18. The zero-order valence-corrected chi connectivity index (χ0v) is 19.7. The van der Waals surface area contributed by atoms with Crippen LogP contribution in [0, 0.1) is 5.82 Å². The molecule has 2 atom stereocenters. The summed E-state index contributed by atoms with van der Waals surface area (Å²) in [5.41, 5.74) is 6.87. The summed E-state index contributed by atoms with van der Waals surface area (Å²) in [6, 6.07) is 32.6. The summed E-state index contributed by atoms with van der Waals surface area (Å²) < 4.78 is 16.0. The molecule has 1 aromatic heterocycles. The molecule has 0 saturated carbocycles. The second-order valence-electron chi connectivity index (χ2n) is 9.13. The minimum absolute atomic E-state index is 0.0277. The Morgan fingerprint density at radius 1 is 0.800 bits per heavy atom. The van der Waals surface area contributed by atoms with Gasteiger partial charge in [0.2, 0.25) is 0 Å². The fourth-order valence-corrected chi connectivity index (χ4v) is 5.58. The van der Waals surface area contributed by atoms with Gasteiger partial charge in [0.1, 0.15) is 5.82 Å². The van der Waals surface area contributed by atoms with Gasteiger partial charge >= 0.3 is 0 Å². The van der Waals surface area contributed by atoms with E-state index in [1.165, 1.54) is 12.1 Å². The molecule has 0 N–H and O–H groups in total. The van der Waals surface area contributed by atoms with E-state index in [1.807, 2.05) is 72.6 Å². The molecule has 3 nitrogen and oxygen atoms in total. The quantitative estimate of drug-likeness (QED) is 0.276. The van der Waals surface area contributed by atoms with Crippen molar-refractivity contribution in [2.45, 2.75) is 19.0 Å². The Morgan fingerprint density at radius 2 is 1.46 bits per heavy atom. The molecule has 0 radical (unpaired) electrons. The van der Waals surface area contributed by atoms with Gasteiger partial charge in [0.05, 0.1) is 17.8 Å². The van der Waals surface area contributed by atoms with Gasteiger partial charge in [-0.2, -0.15) is 0 Å². The average molecular weight is 461 g/mol. The zero-order valence-electron chi connectivity index (χ0n) is 19.7. The largest absolute Gasteiger partial charge is 0.343 e. The Balaban J connectivity index is 1.66. The maximum absolute atomic E-state index is 13.9. The van der Waals surface area contributed by atoms with E-state index in [1.54, 1.807) is 0 Å². The molecule has 0 saturated heterocycles. The van der Waals surface area contributed by atoms with Crippen LogP contribution in [-0.4, -0.2) is 15.4 Å². The summed E-state index contributed by atoms with van der Waals surface area (Å²) in [5.74, 6) is -0.241. The average Bonchev–Trinajstić information content (AvgIpc) is 3.35. The number of hydrogen-bond donors (Lipinski definition) is 0. The minimum Gasteiger partial charge on any atom is -0.343 e. The summed E-state index contributed by atoms with van der Waals surface area (Å²) in [5, 5.41) is 1.09. The summed E-state index contributed by atoms with van der Waals surface area (Å²) in [6.45, 7) is 2.09. The first-order valence-electron chi connectivity index (χ1n) is 11.9. The molecular weight excluding hydrogens is 435 g/mol. The first-order valence-corrected chi connectivity index (χ1v) is 11.9. The molecule has 2 heterocycles. The van der Waals surface area contributed by atoms with Crippen LogP contribution in [0.3, 0.4) is 0 Å².